The third-order valence-corrected chi connectivity index (χ3v) is 5.48. The van der Waals surface area contributed by atoms with Crippen LogP contribution in [-0.2, 0) is 16.0 Å². The van der Waals surface area contributed by atoms with Crippen LogP contribution < -0.4 is 0 Å². The van der Waals surface area contributed by atoms with Crippen molar-refractivity contribution >= 4 is 11.8 Å². The van der Waals surface area contributed by atoms with Crippen LogP contribution in [0.4, 0.5) is 0 Å². The van der Waals surface area contributed by atoms with Gasteiger partial charge in [0.25, 0.3) is 5.91 Å². The molecule has 0 saturated carbocycles. The molecule has 3 rings (SSSR count). The Hall–Kier alpha value is -1.92. The highest BCUT2D eigenvalue weighted by Gasteiger charge is 2.44. The van der Waals surface area contributed by atoms with Crippen molar-refractivity contribution in [2.24, 2.45) is 0 Å². The van der Waals surface area contributed by atoms with Gasteiger partial charge >= 0.3 is 0 Å². The molecule has 0 bridgehead atoms. The highest BCUT2D eigenvalue weighted by atomic mass is 16.3. The molecular formula is C20H29N3O3. The number of hydrogen-bond acceptors (Lipinski definition) is 4. The van der Waals surface area contributed by atoms with Gasteiger partial charge in [-0.05, 0) is 31.7 Å². The lowest BCUT2D eigenvalue weighted by Gasteiger charge is -2.42. The van der Waals surface area contributed by atoms with E-state index >= 15 is 0 Å². The lowest BCUT2D eigenvalue weighted by molar-refractivity contribution is -0.161. The number of carbonyl (C=O) groups is 2. The Morgan fingerprint density at radius 2 is 1.85 bits per heavy atom. The van der Waals surface area contributed by atoms with Gasteiger partial charge < -0.3 is 14.9 Å². The van der Waals surface area contributed by atoms with Crippen LogP contribution >= 0.6 is 0 Å². The summed E-state index contributed by atoms with van der Waals surface area (Å²) in [4.78, 5) is 30.5. The monoisotopic (exact) mass is 359 g/mol. The molecule has 1 atom stereocenters. The van der Waals surface area contributed by atoms with E-state index in [0.717, 1.165) is 12.8 Å². The zero-order chi connectivity index (χ0) is 18.6. The van der Waals surface area contributed by atoms with E-state index in [2.05, 4.69) is 12.1 Å². The zero-order valence-corrected chi connectivity index (χ0v) is 15.6. The molecule has 1 N–H and O–H groups in total. The van der Waals surface area contributed by atoms with Gasteiger partial charge in [-0.25, -0.2) is 0 Å². The average Bonchev–Trinajstić information content (AvgIpc) is 2.64. The van der Waals surface area contributed by atoms with E-state index < -0.39 is 5.60 Å². The highest BCUT2D eigenvalue weighted by Crippen LogP contribution is 2.25. The Kier molecular flexibility index (Phi) is 5.94. The predicted molar refractivity (Wildman–Crippen MR) is 99.6 cm³/mol. The maximum absolute atomic E-state index is 12.9. The first-order valence-electron chi connectivity index (χ1n) is 9.57. The van der Waals surface area contributed by atoms with Gasteiger partial charge in [0, 0.05) is 39.3 Å². The topological polar surface area (TPSA) is 64.1 Å². The van der Waals surface area contributed by atoms with Gasteiger partial charge in [-0.3, -0.25) is 14.5 Å². The molecule has 0 aliphatic carbocycles. The fourth-order valence-electron chi connectivity index (χ4n) is 3.93. The van der Waals surface area contributed by atoms with Gasteiger partial charge in [0.15, 0.2) is 5.60 Å². The number of likely N-dealkylation sites (tertiary alicyclic amines) is 1. The standard InChI is InChI=1S/C20H29N3O3/c1-2-22-14-13-21(15-18(22)24)16-20(26)10-6-11-23(19(20)25)12-9-17-7-4-3-5-8-17/h3-5,7-8,26H,2,6,9-16H2,1H3/t20-/m0/s1. The minimum absolute atomic E-state index is 0.0755. The number of amides is 2. The Morgan fingerprint density at radius 1 is 1.08 bits per heavy atom. The molecule has 1 aromatic carbocycles. The van der Waals surface area contributed by atoms with E-state index in [1.54, 1.807) is 4.90 Å². The first-order chi connectivity index (χ1) is 12.5. The Balaban J connectivity index is 1.58. The first-order valence-corrected chi connectivity index (χ1v) is 9.57. The number of piperidine rings is 1. The molecule has 142 valence electrons. The molecule has 0 radical (unpaired) electrons. The molecule has 2 heterocycles. The second-order valence-corrected chi connectivity index (χ2v) is 7.35. The van der Waals surface area contributed by atoms with Crippen molar-refractivity contribution in [3.05, 3.63) is 35.9 Å². The largest absolute Gasteiger partial charge is 0.379 e. The fourth-order valence-corrected chi connectivity index (χ4v) is 3.93. The van der Waals surface area contributed by atoms with Crippen molar-refractivity contribution in [1.82, 2.24) is 14.7 Å². The van der Waals surface area contributed by atoms with Crippen LogP contribution in [0.5, 0.6) is 0 Å². The molecule has 2 aliphatic rings. The molecular weight excluding hydrogens is 330 g/mol. The number of likely N-dealkylation sites (N-methyl/N-ethyl adjacent to an activating group) is 1. The summed E-state index contributed by atoms with van der Waals surface area (Å²) in [5.41, 5.74) is -0.181. The predicted octanol–water partition coefficient (Wildman–Crippen LogP) is 0.747. The number of benzene rings is 1. The summed E-state index contributed by atoms with van der Waals surface area (Å²) >= 11 is 0. The van der Waals surface area contributed by atoms with Crippen LogP contribution in [0.25, 0.3) is 0 Å². The SMILES string of the molecule is CCN1CCN(C[C@@]2(O)CCCN(CCc3ccccc3)C2=O)CC1=O. The number of carbonyl (C=O) groups excluding carboxylic acids is 2. The van der Waals surface area contributed by atoms with Gasteiger partial charge in [-0.15, -0.1) is 0 Å². The summed E-state index contributed by atoms with van der Waals surface area (Å²) in [6.45, 7) is 5.89. The lowest BCUT2D eigenvalue weighted by Crippen LogP contribution is -2.61. The van der Waals surface area contributed by atoms with Crippen molar-refractivity contribution in [3.63, 3.8) is 0 Å². The molecule has 2 amide bonds. The maximum Gasteiger partial charge on any atom is 0.255 e. The number of aliphatic hydroxyl groups is 1. The van der Waals surface area contributed by atoms with Crippen LogP contribution in [0.1, 0.15) is 25.3 Å². The molecule has 0 spiro atoms. The second kappa shape index (κ2) is 8.18. The van der Waals surface area contributed by atoms with Crippen LogP contribution in [0, 0.1) is 0 Å². The van der Waals surface area contributed by atoms with Crippen molar-refractivity contribution in [1.29, 1.82) is 0 Å². The van der Waals surface area contributed by atoms with Gasteiger partial charge in [0.05, 0.1) is 6.54 Å². The van der Waals surface area contributed by atoms with Crippen molar-refractivity contribution in [3.8, 4) is 0 Å². The van der Waals surface area contributed by atoms with Crippen LogP contribution in [-0.4, -0.2) is 83.0 Å². The first kappa shape index (κ1) is 18.9. The molecule has 0 unspecified atom stereocenters. The summed E-state index contributed by atoms with van der Waals surface area (Å²) in [5, 5.41) is 11.0. The number of piperazine rings is 1. The molecule has 1 aromatic rings. The zero-order valence-electron chi connectivity index (χ0n) is 15.6. The molecule has 2 aliphatic heterocycles. The normalized spacial score (nSPS) is 25.0. The summed E-state index contributed by atoms with van der Waals surface area (Å²) in [7, 11) is 0. The average molecular weight is 359 g/mol. The highest BCUT2D eigenvalue weighted by molar-refractivity contribution is 5.86. The Bertz CT molecular complexity index is 636. The molecule has 2 saturated heterocycles. The van der Waals surface area contributed by atoms with E-state index in [4.69, 9.17) is 0 Å². The van der Waals surface area contributed by atoms with Crippen LogP contribution in [0.3, 0.4) is 0 Å². The smallest absolute Gasteiger partial charge is 0.255 e. The second-order valence-electron chi connectivity index (χ2n) is 7.35. The number of rotatable bonds is 6. The minimum Gasteiger partial charge on any atom is -0.379 e. The quantitative estimate of drug-likeness (QED) is 0.814. The van der Waals surface area contributed by atoms with Crippen LogP contribution in [0.15, 0.2) is 30.3 Å². The molecule has 2 fully saturated rings. The number of hydrogen-bond donors (Lipinski definition) is 1. The number of nitrogens with zero attached hydrogens (tertiary/aromatic N) is 3. The van der Waals surface area contributed by atoms with Crippen molar-refractivity contribution in [2.45, 2.75) is 31.8 Å². The maximum atomic E-state index is 12.9. The van der Waals surface area contributed by atoms with E-state index in [9.17, 15) is 14.7 Å². The summed E-state index contributed by atoms with van der Waals surface area (Å²) in [6.07, 6.45) is 2.05. The summed E-state index contributed by atoms with van der Waals surface area (Å²) in [6, 6.07) is 10.1. The Morgan fingerprint density at radius 3 is 2.54 bits per heavy atom. The van der Waals surface area contributed by atoms with Gasteiger partial charge in [-0.2, -0.15) is 0 Å². The third kappa shape index (κ3) is 4.24. The molecule has 0 aromatic heterocycles. The van der Waals surface area contributed by atoms with Crippen molar-refractivity contribution in [2.75, 3.05) is 45.8 Å². The van der Waals surface area contributed by atoms with Gasteiger partial charge in [0.2, 0.25) is 5.91 Å². The molecule has 6 nitrogen and oxygen atoms in total. The summed E-state index contributed by atoms with van der Waals surface area (Å²) in [5.74, 6) is -0.114. The number of β-amino-alcohol motifs (C(OH)–C–C–N with tert-alkyl or cyclic N) is 1. The molecule has 26 heavy (non-hydrogen) atoms. The van der Waals surface area contributed by atoms with E-state index in [1.165, 1.54) is 5.56 Å². The Labute approximate surface area is 155 Å². The van der Waals surface area contributed by atoms with E-state index in [1.807, 2.05) is 34.9 Å². The van der Waals surface area contributed by atoms with E-state index in [0.29, 0.717) is 39.1 Å². The van der Waals surface area contributed by atoms with E-state index in [-0.39, 0.29) is 24.9 Å². The lowest BCUT2D eigenvalue weighted by atomic mass is 9.90. The van der Waals surface area contributed by atoms with Crippen LogP contribution in [0.2, 0.25) is 0 Å². The molecule has 6 heteroatoms. The summed E-state index contributed by atoms with van der Waals surface area (Å²) < 4.78 is 0. The van der Waals surface area contributed by atoms with Gasteiger partial charge in [-0.1, -0.05) is 30.3 Å². The van der Waals surface area contributed by atoms with Crippen molar-refractivity contribution < 1.29 is 14.7 Å². The van der Waals surface area contributed by atoms with Gasteiger partial charge in [0.1, 0.15) is 0 Å². The minimum atomic E-state index is -1.37. The fraction of sp³-hybridized carbons (Fsp3) is 0.600. The third-order valence-electron chi connectivity index (χ3n) is 5.48.